The standard InChI is InChI=1S/C36H30BNO2/c1-35(2)36(3,4)40-37(39-35)29-20-21-31-34-32(29)27-17-9-8-16-26(27)28-18-11-19-30(33(28)34)38(31)25-15-10-14-24(22-25)23-12-6-5-7-13-23/h5-22H,1-4H3. The smallest absolute Gasteiger partial charge is 0.399 e. The SMILES string of the molecule is CC1(C)OB(c2ccc3c4c2c2ccccc2c2cccc(c24)n3-c2cccc(-c3ccccc3)c2)OC1(C)C. The minimum atomic E-state index is -0.442. The van der Waals surface area contributed by atoms with Gasteiger partial charge in [0.1, 0.15) is 0 Å². The number of nitrogens with zero attached hydrogens (tertiary/aromatic N) is 1. The van der Waals surface area contributed by atoms with Crippen LogP contribution in [0.25, 0.3) is 60.2 Å². The molecule has 1 aliphatic rings. The van der Waals surface area contributed by atoms with Crippen molar-refractivity contribution in [1.82, 2.24) is 4.57 Å². The Hall–Kier alpha value is -4.12. The van der Waals surface area contributed by atoms with Gasteiger partial charge in [0, 0.05) is 16.5 Å². The van der Waals surface area contributed by atoms with Crippen molar-refractivity contribution < 1.29 is 9.31 Å². The topological polar surface area (TPSA) is 23.4 Å². The molecule has 0 saturated carbocycles. The number of hydrogen-bond donors (Lipinski definition) is 0. The van der Waals surface area contributed by atoms with Crippen molar-refractivity contribution in [3.63, 3.8) is 0 Å². The van der Waals surface area contributed by atoms with Crippen LogP contribution < -0.4 is 5.46 Å². The van der Waals surface area contributed by atoms with E-state index in [1.807, 2.05) is 0 Å². The molecule has 0 amide bonds. The fourth-order valence-corrected chi connectivity index (χ4v) is 6.52. The zero-order valence-electron chi connectivity index (χ0n) is 23.2. The molecule has 4 heteroatoms. The van der Waals surface area contributed by atoms with Gasteiger partial charge in [-0.15, -0.1) is 0 Å². The van der Waals surface area contributed by atoms with E-state index < -0.39 is 18.3 Å². The lowest BCUT2D eigenvalue weighted by Crippen LogP contribution is -2.41. The van der Waals surface area contributed by atoms with Crippen LogP contribution in [0.5, 0.6) is 0 Å². The first-order chi connectivity index (χ1) is 19.3. The van der Waals surface area contributed by atoms with Crippen molar-refractivity contribution in [2.45, 2.75) is 38.9 Å². The maximum absolute atomic E-state index is 6.62. The molecule has 1 aromatic heterocycles. The molecular formula is C36H30BNO2. The molecule has 0 atom stereocenters. The van der Waals surface area contributed by atoms with Crippen LogP contribution >= 0.6 is 0 Å². The summed E-state index contributed by atoms with van der Waals surface area (Å²) in [5, 5.41) is 7.52. The lowest BCUT2D eigenvalue weighted by Gasteiger charge is -2.32. The van der Waals surface area contributed by atoms with Gasteiger partial charge in [-0.25, -0.2) is 0 Å². The predicted octanol–water partition coefficient (Wildman–Crippen LogP) is 8.49. The summed E-state index contributed by atoms with van der Waals surface area (Å²) in [5.74, 6) is 0. The van der Waals surface area contributed by atoms with E-state index in [9.17, 15) is 0 Å². The molecule has 0 N–H and O–H groups in total. The van der Waals surface area contributed by atoms with E-state index in [0.717, 1.165) is 11.2 Å². The summed E-state index contributed by atoms with van der Waals surface area (Å²) < 4.78 is 15.7. The highest BCUT2D eigenvalue weighted by Gasteiger charge is 2.52. The van der Waals surface area contributed by atoms with Crippen molar-refractivity contribution in [1.29, 1.82) is 0 Å². The van der Waals surface area contributed by atoms with Gasteiger partial charge in [-0.05, 0) is 90.1 Å². The molecule has 194 valence electrons. The molecule has 0 unspecified atom stereocenters. The summed E-state index contributed by atoms with van der Waals surface area (Å²) in [7, 11) is -0.442. The third-order valence-corrected chi connectivity index (χ3v) is 9.20. The summed E-state index contributed by atoms with van der Waals surface area (Å²) in [4.78, 5) is 0. The minimum Gasteiger partial charge on any atom is -0.399 e. The highest BCUT2D eigenvalue weighted by Crippen LogP contribution is 2.44. The van der Waals surface area contributed by atoms with Crippen LogP contribution in [0.4, 0.5) is 0 Å². The van der Waals surface area contributed by atoms with Crippen molar-refractivity contribution in [2.24, 2.45) is 0 Å². The highest BCUT2D eigenvalue weighted by atomic mass is 16.7. The van der Waals surface area contributed by atoms with Gasteiger partial charge in [-0.3, -0.25) is 0 Å². The first kappa shape index (κ1) is 23.7. The second-order valence-electron chi connectivity index (χ2n) is 12.0. The van der Waals surface area contributed by atoms with E-state index >= 15 is 0 Å². The fourth-order valence-electron chi connectivity index (χ4n) is 6.52. The van der Waals surface area contributed by atoms with E-state index in [1.54, 1.807) is 0 Å². The van der Waals surface area contributed by atoms with Crippen molar-refractivity contribution in [2.75, 3.05) is 0 Å². The van der Waals surface area contributed by atoms with Gasteiger partial charge in [0.25, 0.3) is 0 Å². The number of fused-ring (bicyclic) bond motifs is 3. The Labute approximate surface area is 234 Å². The fraction of sp³-hybridized carbons (Fsp3) is 0.167. The quantitative estimate of drug-likeness (QED) is 0.173. The lowest BCUT2D eigenvalue weighted by molar-refractivity contribution is 0.00578. The van der Waals surface area contributed by atoms with Crippen molar-refractivity contribution in [3.05, 3.63) is 109 Å². The summed E-state index contributed by atoms with van der Waals surface area (Å²) >= 11 is 0. The van der Waals surface area contributed by atoms with Gasteiger partial charge in [0.15, 0.2) is 0 Å². The van der Waals surface area contributed by atoms with E-state index in [1.165, 1.54) is 54.5 Å². The Morgan fingerprint density at radius 2 is 1.12 bits per heavy atom. The average molecular weight is 519 g/mol. The van der Waals surface area contributed by atoms with Crippen molar-refractivity contribution in [3.8, 4) is 16.8 Å². The third kappa shape index (κ3) is 3.21. The molecule has 1 fully saturated rings. The second-order valence-corrected chi connectivity index (χ2v) is 12.0. The van der Waals surface area contributed by atoms with Gasteiger partial charge in [-0.2, -0.15) is 0 Å². The maximum atomic E-state index is 6.62. The first-order valence-corrected chi connectivity index (χ1v) is 14.1. The highest BCUT2D eigenvalue weighted by molar-refractivity contribution is 6.67. The zero-order chi connectivity index (χ0) is 27.2. The Morgan fingerprint density at radius 1 is 0.525 bits per heavy atom. The summed E-state index contributed by atoms with van der Waals surface area (Å²) in [5.41, 5.74) is 6.23. The van der Waals surface area contributed by atoms with Gasteiger partial charge in [0.2, 0.25) is 0 Å². The Balaban J connectivity index is 1.48. The Morgan fingerprint density at radius 3 is 1.90 bits per heavy atom. The molecule has 0 spiro atoms. The Kier molecular flexibility index (Phi) is 4.87. The number of rotatable bonds is 3. The van der Waals surface area contributed by atoms with Crippen LogP contribution in [0.3, 0.4) is 0 Å². The van der Waals surface area contributed by atoms with Crippen LogP contribution in [0.15, 0.2) is 109 Å². The van der Waals surface area contributed by atoms with Gasteiger partial charge < -0.3 is 13.9 Å². The normalized spacial score (nSPS) is 16.6. The van der Waals surface area contributed by atoms with Gasteiger partial charge in [-0.1, -0.05) is 84.9 Å². The number of hydrogen-bond acceptors (Lipinski definition) is 2. The third-order valence-electron chi connectivity index (χ3n) is 9.20. The summed E-state index contributed by atoms with van der Waals surface area (Å²) in [6.07, 6.45) is 0. The minimum absolute atomic E-state index is 0.412. The molecule has 0 bridgehead atoms. The van der Waals surface area contributed by atoms with Gasteiger partial charge >= 0.3 is 7.12 Å². The van der Waals surface area contributed by atoms with E-state index in [-0.39, 0.29) is 0 Å². The van der Waals surface area contributed by atoms with Crippen LogP contribution in [-0.4, -0.2) is 22.9 Å². The molecule has 6 aromatic carbocycles. The first-order valence-electron chi connectivity index (χ1n) is 14.1. The number of benzene rings is 6. The molecule has 2 heterocycles. The van der Waals surface area contributed by atoms with E-state index in [4.69, 9.17) is 9.31 Å². The van der Waals surface area contributed by atoms with Crippen LogP contribution in [0, 0.1) is 0 Å². The number of aromatic nitrogens is 1. The van der Waals surface area contributed by atoms with E-state index in [0.29, 0.717) is 0 Å². The average Bonchev–Trinajstić information content (AvgIpc) is 3.42. The molecule has 40 heavy (non-hydrogen) atoms. The van der Waals surface area contributed by atoms with Crippen LogP contribution in [0.1, 0.15) is 27.7 Å². The molecule has 0 radical (unpaired) electrons. The molecule has 3 nitrogen and oxygen atoms in total. The van der Waals surface area contributed by atoms with E-state index in [2.05, 4.69) is 141 Å². The molecular weight excluding hydrogens is 489 g/mol. The molecule has 8 rings (SSSR count). The largest absolute Gasteiger partial charge is 0.495 e. The molecule has 0 aliphatic carbocycles. The molecule has 1 saturated heterocycles. The zero-order valence-corrected chi connectivity index (χ0v) is 23.2. The van der Waals surface area contributed by atoms with Crippen LogP contribution in [0.2, 0.25) is 0 Å². The Bertz CT molecular complexity index is 2060. The predicted molar refractivity (Wildman–Crippen MR) is 168 cm³/mol. The lowest BCUT2D eigenvalue weighted by atomic mass is 9.74. The maximum Gasteiger partial charge on any atom is 0.495 e. The van der Waals surface area contributed by atoms with Gasteiger partial charge in [0.05, 0.1) is 22.2 Å². The molecule has 7 aromatic rings. The van der Waals surface area contributed by atoms with Crippen molar-refractivity contribution >= 4 is 55.9 Å². The second kappa shape index (κ2) is 8.20. The molecule has 1 aliphatic heterocycles. The summed E-state index contributed by atoms with van der Waals surface area (Å²) in [6, 6.07) is 39.4. The monoisotopic (exact) mass is 519 g/mol. The van der Waals surface area contributed by atoms with Crippen LogP contribution in [-0.2, 0) is 9.31 Å². The summed E-state index contributed by atoms with van der Waals surface area (Å²) in [6.45, 7) is 8.48.